The second-order valence-corrected chi connectivity index (χ2v) is 6.04. The number of halogens is 2. The molecule has 2 aromatic rings. The van der Waals surface area contributed by atoms with Crippen LogP contribution in [-0.4, -0.2) is 11.9 Å². The topological polar surface area (TPSA) is 27.0 Å². The maximum atomic E-state index is 8.91. The first-order valence-electron chi connectivity index (χ1n) is 6.20. The average molecular weight is 350 g/mol. The first-order valence-corrected chi connectivity index (χ1v) is 7.37. The van der Waals surface area contributed by atoms with Gasteiger partial charge in [-0.3, -0.25) is 4.90 Å². The fraction of sp³-hybridized carbons (Fsp3) is 0.188. The Morgan fingerprint density at radius 2 is 2.00 bits per heavy atom. The molecule has 2 nitrogen and oxygen atoms in total. The lowest BCUT2D eigenvalue weighted by Crippen LogP contribution is -2.17. The van der Waals surface area contributed by atoms with Crippen molar-refractivity contribution in [3.8, 4) is 6.07 Å². The minimum absolute atomic E-state index is 0.692. The molecule has 0 aliphatic carbocycles. The highest BCUT2D eigenvalue weighted by Gasteiger charge is 2.06. The largest absolute Gasteiger partial charge is 0.298 e. The fourth-order valence-electron chi connectivity index (χ4n) is 2.05. The maximum Gasteiger partial charge on any atom is 0.0991 e. The zero-order valence-corrected chi connectivity index (χ0v) is 13.4. The molecule has 0 bridgehead atoms. The molecule has 0 aliphatic rings. The van der Waals surface area contributed by atoms with Gasteiger partial charge in [0.25, 0.3) is 0 Å². The van der Waals surface area contributed by atoms with Crippen molar-refractivity contribution < 1.29 is 0 Å². The van der Waals surface area contributed by atoms with Crippen molar-refractivity contribution in [2.75, 3.05) is 7.05 Å². The molecule has 0 unspecified atom stereocenters. The van der Waals surface area contributed by atoms with E-state index in [1.165, 1.54) is 0 Å². The Morgan fingerprint density at radius 1 is 1.20 bits per heavy atom. The maximum absolute atomic E-state index is 8.91. The molecule has 0 fully saturated rings. The summed E-state index contributed by atoms with van der Waals surface area (Å²) in [5.74, 6) is 0. The highest BCUT2D eigenvalue weighted by atomic mass is 79.9. The second kappa shape index (κ2) is 6.90. The van der Waals surface area contributed by atoms with Crippen molar-refractivity contribution in [2.45, 2.75) is 13.1 Å². The number of nitrogens with zero attached hydrogens (tertiary/aromatic N) is 2. The van der Waals surface area contributed by atoms with Gasteiger partial charge in [0.15, 0.2) is 0 Å². The summed E-state index contributed by atoms with van der Waals surface area (Å²) in [7, 11) is 2.04. The fourth-order valence-corrected chi connectivity index (χ4v) is 2.78. The molecule has 4 heteroatoms. The van der Waals surface area contributed by atoms with Gasteiger partial charge in [0.1, 0.15) is 0 Å². The normalized spacial score (nSPS) is 10.6. The first-order chi connectivity index (χ1) is 9.58. The predicted molar refractivity (Wildman–Crippen MR) is 85.5 cm³/mol. The van der Waals surface area contributed by atoms with Crippen molar-refractivity contribution >= 4 is 27.5 Å². The molecule has 0 atom stereocenters. The average Bonchev–Trinajstić information content (AvgIpc) is 2.42. The lowest BCUT2D eigenvalue weighted by molar-refractivity contribution is 0.319. The minimum Gasteiger partial charge on any atom is -0.298 e. The van der Waals surface area contributed by atoms with Crippen LogP contribution in [0.25, 0.3) is 0 Å². The van der Waals surface area contributed by atoms with Crippen LogP contribution in [0.4, 0.5) is 0 Å². The molecule has 2 aromatic carbocycles. The van der Waals surface area contributed by atoms with Crippen LogP contribution in [-0.2, 0) is 13.1 Å². The van der Waals surface area contributed by atoms with E-state index in [1.54, 1.807) is 0 Å². The zero-order valence-electron chi connectivity index (χ0n) is 11.1. The van der Waals surface area contributed by atoms with Crippen LogP contribution in [0.5, 0.6) is 0 Å². The van der Waals surface area contributed by atoms with Crippen LogP contribution in [0.2, 0.25) is 5.02 Å². The van der Waals surface area contributed by atoms with Crippen LogP contribution in [0, 0.1) is 11.3 Å². The van der Waals surface area contributed by atoms with E-state index < -0.39 is 0 Å². The van der Waals surface area contributed by atoms with Crippen molar-refractivity contribution in [3.05, 3.63) is 68.7 Å². The van der Waals surface area contributed by atoms with Crippen LogP contribution in [0.15, 0.2) is 46.9 Å². The van der Waals surface area contributed by atoms with Crippen molar-refractivity contribution in [1.82, 2.24) is 4.90 Å². The molecule has 0 saturated heterocycles. The van der Waals surface area contributed by atoms with Crippen LogP contribution >= 0.6 is 27.5 Å². The van der Waals surface area contributed by atoms with Gasteiger partial charge in [-0.05, 0) is 42.4 Å². The van der Waals surface area contributed by atoms with Gasteiger partial charge in [0, 0.05) is 22.6 Å². The number of rotatable bonds is 4. The standard InChI is InChI=1S/C16H14BrClN2/c1-20(10-13-4-2-3-12(7-13)9-19)11-14-5-6-15(17)8-16(14)18/h2-8H,10-11H2,1H3. The molecule has 0 amide bonds. The van der Waals surface area contributed by atoms with Gasteiger partial charge >= 0.3 is 0 Å². The number of nitriles is 1. The van der Waals surface area contributed by atoms with E-state index >= 15 is 0 Å². The lowest BCUT2D eigenvalue weighted by Gasteiger charge is -2.18. The van der Waals surface area contributed by atoms with Gasteiger partial charge in [0.2, 0.25) is 0 Å². The lowest BCUT2D eigenvalue weighted by atomic mass is 10.1. The van der Waals surface area contributed by atoms with Gasteiger partial charge in [-0.2, -0.15) is 5.26 Å². The molecule has 0 spiro atoms. The summed E-state index contributed by atoms with van der Waals surface area (Å²) in [5, 5.41) is 9.67. The Morgan fingerprint density at radius 3 is 2.70 bits per heavy atom. The van der Waals surface area contributed by atoms with Gasteiger partial charge in [0.05, 0.1) is 11.6 Å². The van der Waals surface area contributed by atoms with Gasteiger partial charge in [-0.1, -0.05) is 45.7 Å². The van der Waals surface area contributed by atoms with E-state index in [0.29, 0.717) is 5.56 Å². The predicted octanol–water partition coefficient (Wildman–Crippen LogP) is 4.61. The smallest absolute Gasteiger partial charge is 0.0991 e. The van der Waals surface area contributed by atoms with Gasteiger partial charge < -0.3 is 0 Å². The SMILES string of the molecule is CN(Cc1cccc(C#N)c1)Cc1ccc(Br)cc1Cl. The van der Waals surface area contributed by atoms with E-state index in [4.69, 9.17) is 16.9 Å². The third kappa shape index (κ3) is 4.08. The monoisotopic (exact) mass is 348 g/mol. The molecular weight excluding hydrogens is 336 g/mol. The molecule has 102 valence electrons. The summed E-state index contributed by atoms with van der Waals surface area (Å²) >= 11 is 9.63. The highest BCUT2D eigenvalue weighted by molar-refractivity contribution is 9.10. The van der Waals surface area contributed by atoms with Gasteiger partial charge in [-0.25, -0.2) is 0 Å². The Balaban J connectivity index is 2.05. The molecule has 0 aliphatic heterocycles. The molecule has 20 heavy (non-hydrogen) atoms. The van der Waals surface area contributed by atoms with Crippen LogP contribution in [0.3, 0.4) is 0 Å². The summed E-state index contributed by atoms with van der Waals surface area (Å²) < 4.78 is 0.982. The molecular formula is C16H14BrClN2. The van der Waals surface area contributed by atoms with E-state index in [0.717, 1.165) is 33.7 Å². The minimum atomic E-state index is 0.692. The Kier molecular flexibility index (Phi) is 5.19. The first kappa shape index (κ1) is 15.1. The number of hydrogen-bond donors (Lipinski definition) is 0. The van der Waals surface area contributed by atoms with Crippen molar-refractivity contribution in [2.24, 2.45) is 0 Å². The molecule has 0 radical (unpaired) electrons. The summed E-state index contributed by atoms with van der Waals surface area (Å²) in [6.45, 7) is 1.55. The quantitative estimate of drug-likeness (QED) is 0.806. The summed E-state index contributed by atoms with van der Waals surface area (Å²) in [5.41, 5.74) is 2.91. The molecule has 0 aromatic heterocycles. The van der Waals surface area contributed by atoms with E-state index in [9.17, 15) is 0 Å². The van der Waals surface area contributed by atoms with Crippen LogP contribution in [0.1, 0.15) is 16.7 Å². The van der Waals surface area contributed by atoms with Crippen molar-refractivity contribution in [3.63, 3.8) is 0 Å². The van der Waals surface area contributed by atoms with Gasteiger partial charge in [-0.15, -0.1) is 0 Å². The van der Waals surface area contributed by atoms with E-state index in [-0.39, 0.29) is 0 Å². The van der Waals surface area contributed by atoms with E-state index in [2.05, 4.69) is 26.9 Å². The highest BCUT2D eigenvalue weighted by Crippen LogP contribution is 2.22. The molecule has 0 saturated carbocycles. The summed E-state index contributed by atoms with van der Waals surface area (Å²) in [4.78, 5) is 2.17. The van der Waals surface area contributed by atoms with E-state index in [1.807, 2.05) is 49.5 Å². The third-order valence-electron chi connectivity index (χ3n) is 2.96. The number of hydrogen-bond acceptors (Lipinski definition) is 2. The molecule has 0 heterocycles. The Bertz CT molecular complexity index is 649. The second-order valence-electron chi connectivity index (χ2n) is 4.72. The zero-order chi connectivity index (χ0) is 14.5. The Hall–Kier alpha value is -1.34. The summed E-state index contributed by atoms with van der Waals surface area (Å²) in [6, 6.07) is 15.7. The van der Waals surface area contributed by atoms with Crippen LogP contribution < -0.4 is 0 Å². The summed E-state index contributed by atoms with van der Waals surface area (Å²) in [6.07, 6.45) is 0. The third-order valence-corrected chi connectivity index (χ3v) is 3.81. The number of benzene rings is 2. The molecule has 0 N–H and O–H groups in total. The van der Waals surface area contributed by atoms with Crippen molar-refractivity contribution in [1.29, 1.82) is 5.26 Å². The Labute approximate surface area is 132 Å². The molecule has 2 rings (SSSR count).